The van der Waals surface area contributed by atoms with Gasteiger partial charge in [-0.3, -0.25) is 0 Å². The molecule has 0 saturated heterocycles. The minimum absolute atomic E-state index is 0.0678. The molecule has 0 bridgehead atoms. The van der Waals surface area contributed by atoms with Crippen molar-refractivity contribution in [1.82, 2.24) is 14.8 Å². The number of aryl methyl sites for hydroxylation is 1. The number of carbonyl (C=O) groups excluding carboxylic acids is 1. The maximum Gasteiger partial charge on any atom is 0.358 e. The number of rotatable bonds is 4. The first-order valence-corrected chi connectivity index (χ1v) is 4.28. The van der Waals surface area contributed by atoms with Crippen molar-refractivity contribution in [3.63, 3.8) is 0 Å². The molecule has 15 heavy (non-hydrogen) atoms. The fourth-order valence-electron chi connectivity index (χ4n) is 0.979. The van der Waals surface area contributed by atoms with Crippen molar-refractivity contribution in [2.45, 2.75) is 25.8 Å². The van der Waals surface area contributed by atoms with Crippen molar-refractivity contribution >= 4 is 14.0 Å². The van der Waals surface area contributed by atoms with Crippen LogP contribution in [0.2, 0.25) is 0 Å². The van der Waals surface area contributed by atoms with E-state index in [-0.39, 0.29) is 12.4 Å². The Bertz CT molecular complexity index is 350. The van der Waals surface area contributed by atoms with Crippen LogP contribution >= 0.6 is 0 Å². The standard InChI is InChI=1S/C7H10BF2N3O2/c1-7(9,10)2-3-13-5(6(14)15-8)11-4-12-13/h4H,2-3,8H2,1H3. The van der Waals surface area contributed by atoms with Gasteiger partial charge in [0.05, 0.1) is 0 Å². The van der Waals surface area contributed by atoms with E-state index >= 15 is 0 Å². The van der Waals surface area contributed by atoms with Crippen LogP contribution in [0, 0.1) is 0 Å². The Morgan fingerprint density at radius 3 is 2.93 bits per heavy atom. The SMILES string of the molecule is BOC(=O)c1ncnn1CCC(C)(F)F. The van der Waals surface area contributed by atoms with Crippen LogP contribution in [0.15, 0.2) is 6.33 Å². The molecule has 0 aliphatic heterocycles. The van der Waals surface area contributed by atoms with Crippen LogP contribution in [0.1, 0.15) is 24.0 Å². The molecule has 82 valence electrons. The van der Waals surface area contributed by atoms with Crippen LogP contribution in [0.25, 0.3) is 0 Å². The van der Waals surface area contributed by atoms with E-state index in [2.05, 4.69) is 14.7 Å². The minimum atomic E-state index is -2.79. The molecule has 0 spiro atoms. The molecule has 0 atom stereocenters. The molecule has 1 aromatic rings. The molecule has 5 nitrogen and oxygen atoms in total. The van der Waals surface area contributed by atoms with Crippen LogP contribution in [0.5, 0.6) is 0 Å². The van der Waals surface area contributed by atoms with Crippen LogP contribution in [-0.2, 0) is 11.2 Å². The average Bonchev–Trinajstić information content (AvgIpc) is 2.60. The second kappa shape index (κ2) is 4.37. The Kier molecular flexibility index (Phi) is 3.38. The first-order valence-electron chi connectivity index (χ1n) is 4.28. The second-order valence-electron chi connectivity index (χ2n) is 3.12. The molecule has 8 heteroatoms. The summed E-state index contributed by atoms with van der Waals surface area (Å²) in [6.07, 6.45) is 0.723. The molecule has 0 radical (unpaired) electrons. The van der Waals surface area contributed by atoms with Gasteiger partial charge in [-0.1, -0.05) is 0 Å². The second-order valence-corrected chi connectivity index (χ2v) is 3.12. The number of hydrogen-bond acceptors (Lipinski definition) is 4. The first kappa shape index (κ1) is 11.6. The molecule has 1 aromatic heterocycles. The van der Waals surface area contributed by atoms with Crippen LogP contribution < -0.4 is 0 Å². The Morgan fingerprint density at radius 2 is 2.40 bits per heavy atom. The normalized spacial score (nSPS) is 11.4. The third-order valence-corrected chi connectivity index (χ3v) is 1.75. The van der Waals surface area contributed by atoms with Gasteiger partial charge in [-0.2, -0.15) is 5.10 Å². The van der Waals surface area contributed by atoms with Gasteiger partial charge in [-0.25, -0.2) is 23.2 Å². The van der Waals surface area contributed by atoms with Gasteiger partial charge in [0.15, 0.2) is 0 Å². The van der Waals surface area contributed by atoms with Gasteiger partial charge < -0.3 is 4.65 Å². The van der Waals surface area contributed by atoms with E-state index in [0.717, 1.165) is 17.9 Å². The molecule has 1 rings (SSSR count). The summed E-state index contributed by atoms with van der Waals surface area (Å²) < 4.78 is 30.6. The van der Waals surface area contributed by atoms with Crippen molar-refractivity contribution in [2.75, 3.05) is 0 Å². The molecule has 1 heterocycles. The zero-order valence-electron chi connectivity index (χ0n) is 8.41. The van der Waals surface area contributed by atoms with Gasteiger partial charge in [-0.15, -0.1) is 0 Å². The highest BCUT2D eigenvalue weighted by Crippen LogP contribution is 2.17. The summed E-state index contributed by atoms with van der Waals surface area (Å²) in [4.78, 5) is 14.7. The van der Waals surface area contributed by atoms with E-state index in [9.17, 15) is 13.6 Å². The van der Waals surface area contributed by atoms with Gasteiger partial charge in [0.1, 0.15) is 6.33 Å². The van der Waals surface area contributed by atoms with E-state index in [1.54, 1.807) is 0 Å². The van der Waals surface area contributed by atoms with Crippen LogP contribution in [-0.4, -0.2) is 34.7 Å². The summed E-state index contributed by atoms with van der Waals surface area (Å²) >= 11 is 0. The van der Waals surface area contributed by atoms with Gasteiger partial charge >= 0.3 is 14.0 Å². The molecule has 0 aromatic carbocycles. The minimum Gasteiger partial charge on any atom is -0.538 e. The third kappa shape index (κ3) is 3.30. The predicted octanol–water partition coefficient (Wildman–Crippen LogP) is 0.0283. The van der Waals surface area contributed by atoms with E-state index in [1.165, 1.54) is 8.05 Å². The summed E-state index contributed by atoms with van der Waals surface area (Å²) in [6, 6.07) is 0. The highest BCUT2D eigenvalue weighted by molar-refractivity contribution is 6.08. The topological polar surface area (TPSA) is 57.0 Å². The maximum atomic E-state index is 12.6. The Balaban J connectivity index is 2.70. The molecule has 0 amide bonds. The molecule has 0 aliphatic rings. The molecular formula is C7H10BF2N3O2. The maximum absolute atomic E-state index is 12.6. The van der Waals surface area contributed by atoms with Crippen molar-refractivity contribution in [2.24, 2.45) is 0 Å². The summed E-state index contributed by atoms with van der Waals surface area (Å²) in [7, 11) is 1.19. The molecule has 0 fully saturated rings. The van der Waals surface area contributed by atoms with Gasteiger partial charge in [0.25, 0.3) is 0 Å². The molecular weight excluding hydrogens is 207 g/mol. The van der Waals surface area contributed by atoms with E-state index in [4.69, 9.17) is 0 Å². The number of halogens is 2. The largest absolute Gasteiger partial charge is 0.538 e. The van der Waals surface area contributed by atoms with Crippen LogP contribution in [0.4, 0.5) is 8.78 Å². The monoisotopic (exact) mass is 217 g/mol. The fourth-order valence-corrected chi connectivity index (χ4v) is 0.979. The van der Waals surface area contributed by atoms with Crippen molar-refractivity contribution < 1.29 is 18.2 Å². The zero-order chi connectivity index (χ0) is 11.5. The Labute approximate surface area is 85.9 Å². The predicted molar refractivity (Wildman–Crippen MR) is 49.2 cm³/mol. The average molecular weight is 217 g/mol. The molecule has 0 unspecified atom stereocenters. The lowest BCUT2D eigenvalue weighted by molar-refractivity contribution is 0.00731. The highest BCUT2D eigenvalue weighted by Gasteiger charge is 2.22. The summed E-state index contributed by atoms with van der Waals surface area (Å²) in [5, 5.41) is 3.66. The van der Waals surface area contributed by atoms with E-state index < -0.39 is 18.3 Å². The Morgan fingerprint density at radius 1 is 1.73 bits per heavy atom. The summed E-state index contributed by atoms with van der Waals surface area (Å²) in [5.74, 6) is -3.55. The lowest BCUT2D eigenvalue weighted by Crippen LogP contribution is -2.18. The summed E-state index contributed by atoms with van der Waals surface area (Å²) in [6.45, 7) is 0.732. The lowest BCUT2D eigenvalue weighted by Gasteiger charge is -2.10. The van der Waals surface area contributed by atoms with Gasteiger partial charge in [0.2, 0.25) is 11.7 Å². The number of hydrogen-bond donors (Lipinski definition) is 0. The zero-order valence-corrected chi connectivity index (χ0v) is 8.41. The van der Waals surface area contributed by atoms with Crippen molar-refractivity contribution in [3.05, 3.63) is 12.2 Å². The van der Waals surface area contributed by atoms with Gasteiger partial charge in [0, 0.05) is 13.0 Å². The number of alkyl halides is 2. The van der Waals surface area contributed by atoms with Crippen molar-refractivity contribution in [1.29, 1.82) is 0 Å². The van der Waals surface area contributed by atoms with Gasteiger partial charge in [-0.05, 0) is 6.92 Å². The smallest absolute Gasteiger partial charge is 0.358 e. The number of aromatic nitrogens is 3. The fraction of sp³-hybridized carbons (Fsp3) is 0.571. The lowest BCUT2D eigenvalue weighted by atomic mass is 10.3. The quantitative estimate of drug-likeness (QED) is 0.667. The number of carbonyl (C=O) groups is 1. The summed E-state index contributed by atoms with van der Waals surface area (Å²) in [5.41, 5.74) is 0. The van der Waals surface area contributed by atoms with E-state index in [0.29, 0.717) is 0 Å². The third-order valence-electron chi connectivity index (χ3n) is 1.75. The molecule has 0 aliphatic carbocycles. The highest BCUT2D eigenvalue weighted by atomic mass is 19.3. The van der Waals surface area contributed by atoms with Crippen molar-refractivity contribution in [3.8, 4) is 0 Å². The van der Waals surface area contributed by atoms with E-state index in [1.807, 2.05) is 0 Å². The number of nitrogens with zero attached hydrogens (tertiary/aromatic N) is 3. The first-order chi connectivity index (χ1) is 6.94. The van der Waals surface area contributed by atoms with Crippen LogP contribution in [0.3, 0.4) is 0 Å². The Hall–Kier alpha value is -1.47. The molecule has 0 saturated carbocycles. The molecule has 0 N–H and O–H groups in total.